The molecule has 5 heteroatoms. The first kappa shape index (κ1) is 11.0. The molecule has 1 heterocycles. The third kappa shape index (κ3) is 2.17. The van der Waals surface area contributed by atoms with Crippen LogP contribution in [0.4, 0.5) is 0 Å². The van der Waals surface area contributed by atoms with Crippen LogP contribution in [0.1, 0.15) is 12.8 Å². The average Bonchev–Trinajstić information content (AvgIpc) is 2.68. The van der Waals surface area contributed by atoms with Gasteiger partial charge in [-0.05, 0) is 25.1 Å². The molecule has 0 bridgehead atoms. The minimum Gasteiger partial charge on any atom is -0.492 e. The van der Waals surface area contributed by atoms with Gasteiger partial charge in [0.2, 0.25) is 11.8 Å². The zero-order chi connectivity index (χ0) is 11.5. The number of aromatic nitrogens is 2. The lowest BCUT2D eigenvalue weighted by atomic mass is 10.2. The molecule has 4 nitrogen and oxygen atoms in total. The van der Waals surface area contributed by atoms with Crippen LogP contribution >= 0.6 is 11.6 Å². The van der Waals surface area contributed by atoms with Gasteiger partial charge in [0, 0.05) is 12.5 Å². The molecule has 0 aliphatic heterocycles. The highest BCUT2D eigenvalue weighted by Gasteiger charge is 2.09. The fraction of sp³-hybridized carbons (Fsp3) is 0.273. The Hall–Kier alpha value is -1.55. The van der Waals surface area contributed by atoms with E-state index < -0.39 is 0 Å². The second-order valence-electron chi connectivity index (χ2n) is 3.20. The molecule has 1 aromatic heterocycles. The molecule has 0 radical (unpaired) electrons. The van der Waals surface area contributed by atoms with Crippen LogP contribution in [0.25, 0.3) is 11.5 Å². The number of nitrogens with zero attached hydrogens (tertiary/aromatic N) is 2. The molecule has 0 atom stereocenters. The number of ether oxygens (including phenoxy) is 1. The van der Waals surface area contributed by atoms with E-state index in [0.29, 0.717) is 29.2 Å². The molecule has 16 heavy (non-hydrogen) atoms. The number of rotatable bonds is 3. The Balaban J connectivity index is 2.34. The van der Waals surface area contributed by atoms with Crippen LogP contribution in [-0.4, -0.2) is 16.8 Å². The predicted molar refractivity (Wildman–Crippen MR) is 60.7 cm³/mol. The monoisotopic (exact) mass is 238 g/mol. The van der Waals surface area contributed by atoms with Crippen LogP contribution in [0.3, 0.4) is 0 Å². The lowest BCUT2D eigenvalue weighted by Crippen LogP contribution is -1.92. The summed E-state index contributed by atoms with van der Waals surface area (Å²) in [5.74, 6) is 1.65. The van der Waals surface area contributed by atoms with E-state index in [9.17, 15) is 0 Å². The van der Waals surface area contributed by atoms with Crippen molar-refractivity contribution in [3.8, 4) is 17.2 Å². The molecule has 0 saturated carbocycles. The smallest absolute Gasteiger partial charge is 0.247 e. The van der Waals surface area contributed by atoms with Crippen molar-refractivity contribution in [3.05, 3.63) is 29.1 Å². The summed E-state index contributed by atoms with van der Waals surface area (Å²) in [5, 5.41) is 8.21. The normalized spacial score (nSPS) is 10.4. The summed E-state index contributed by atoms with van der Waals surface area (Å²) in [6.45, 7) is 4.23. The van der Waals surface area contributed by atoms with Crippen molar-refractivity contribution < 1.29 is 9.15 Å². The van der Waals surface area contributed by atoms with E-state index in [1.54, 1.807) is 19.1 Å². The van der Waals surface area contributed by atoms with Crippen molar-refractivity contribution in [2.75, 3.05) is 6.61 Å². The van der Waals surface area contributed by atoms with Gasteiger partial charge >= 0.3 is 0 Å². The summed E-state index contributed by atoms with van der Waals surface area (Å²) < 4.78 is 10.6. The van der Waals surface area contributed by atoms with Crippen LogP contribution in [-0.2, 0) is 0 Å². The first-order chi connectivity index (χ1) is 7.70. The Morgan fingerprint density at radius 1 is 1.38 bits per heavy atom. The summed E-state index contributed by atoms with van der Waals surface area (Å²) in [7, 11) is 0. The molecule has 0 fully saturated rings. The zero-order valence-corrected chi connectivity index (χ0v) is 9.78. The maximum absolute atomic E-state index is 6.05. The van der Waals surface area contributed by atoms with E-state index in [1.165, 1.54) is 0 Å². The number of benzene rings is 1. The fourth-order valence-electron chi connectivity index (χ4n) is 1.32. The van der Waals surface area contributed by atoms with E-state index in [1.807, 2.05) is 13.0 Å². The van der Waals surface area contributed by atoms with Gasteiger partial charge in [0.25, 0.3) is 0 Å². The summed E-state index contributed by atoms with van der Waals surface area (Å²) >= 11 is 6.05. The first-order valence-electron chi connectivity index (χ1n) is 4.93. The maximum atomic E-state index is 6.05. The van der Waals surface area contributed by atoms with Crippen molar-refractivity contribution in [2.45, 2.75) is 13.8 Å². The quantitative estimate of drug-likeness (QED) is 0.825. The molecule has 0 saturated heterocycles. The van der Waals surface area contributed by atoms with Crippen molar-refractivity contribution in [1.29, 1.82) is 0 Å². The molecule has 0 unspecified atom stereocenters. The summed E-state index contributed by atoms with van der Waals surface area (Å²) in [6.07, 6.45) is 0. The Morgan fingerprint density at radius 2 is 2.19 bits per heavy atom. The van der Waals surface area contributed by atoms with Crippen LogP contribution in [0.2, 0.25) is 5.02 Å². The van der Waals surface area contributed by atoms with E-state index in [2.05, 4.69) is 10.2 Å². The molecule has 2 aromatic rings. The Labute approximate surface area is 98.2 Å². The molecule has 1 aromatic carbocycles. The zero-order valence-electron chi connectivity index (χ0n) is 9.03. The van der Waals surface area contributed by atoms with Crippen LogP contribution in [0, 0.1) is 6.92 Å². The Bertz CT molecular complexity index is 496. The molecule has 0 aliphatic rings. The number of hydrogen-bond donors (Lipinski definition) is 0. The van der Waals surface area contributed by atoms with Gasteiger partial charge in [0.05, 0.1) is 11.6 Å². The molecule has 0 amide bonds. The lowest BCUT2D eigenvalue weighted by Gasteiger charge is -2.05. The van der Waals surface area contributed by atoms with Gasteiger partial charge in [-0.2, -0.15) is 0 Å². The van der Waals surface area contributed by atoms with E-state index >= 15 is 0 Å². The van der Waals surface area contributed by atoms with Crippen molar-refractivity contribution in [2.24, 2.45) is 0 Å². The van der Waals surface area contributed by atoms with Gasteiger partial charge in [-0.15, -0.1) is 10.2 Å². The van der Waals surface area contributed by atoms with Gasteiger partial charge in [-0.1, -0.05) is 11.6 Å². The lowest BCUT2D eigenvalue weighted by molar-refractivity contribution is 0.340. The van der Waals surface area contributed by atoms with Gasteiger partial charge in [0.1, 0.15) is 5.75 Å². The second kappa shape index (κ2) is 4.53. The molecule has 2 rings (SSSR count). The predicted octanol–water partition coefficient (Wildman–Crippen LogP) is 3.10. The summed E-state index contributed by atoms with van der Waals surface area (Å²) in [6, 6.07) is 5.38. The highest BCUT2D eigenvalue weighted by Crippen LogP contribution is 2.29. The van der Waals surface area contributed by atoms with Crippen molar-refractivity contribution >= 4 is 11.6 Å². The SMILES string of the molecule is CCOc1ccc(-c2nnc(C)o2)cc1Cl. The topological polar surface area (TPSA) is 48.2 Å². The molecule has 0 aliphatic carbocycles. The standard InChI is InChI=1S/C11H11ClN2O2/c1-3-15-10-5-4-8(6-9(10)12)11-14-13-7(2)16-11/h4-6H,3H2,1-2H3. The summed E-state index contributed by atoms with van der Waals surface area (Å²) in [4.78, 5) is 0. The highest BCUT2D eigenvalue weighted by atomic mass is 35.5. The molecule has 0 spiro atoms. The van der Waals surface area contributed by atoms with Crippen LogP contribution in [0.15, 0.2) is 22.6 Å². The number of hydrogen-bond acceptors (Lipinski definition) is 4. The fourth-order valence-corrected chi connectivity index (χ4v) is 1.55. The molecular formula is C11H11ClN2O2. The molecular weight excluding hydrogens is 228 g/mol. The van der Waals surface area contributed by atoms with Gasteiger partial charge in [-0.3, -0.25) is 0 Å². The van der Waals surface area contributed by atoms with E-state index in [0.717, 1.165) is 5.56 Å². The van der Waals surface area contributed by atoms with Crippen LogP contribution < -0.4 is 4.74 Å². The largest absolute Gasteiger partial charge is 0.492 e. The number of halogens is 1. The minimum absolute atomic E-state index is 0.461. The summed E-state index contributed by atoms with van der Waals surface area (Å²) in [5.41, 5.74) is 0.786. The minimum atomic E-state index is 0.461. The van der Waals surface area contributed by atoms with Gasteiger partial charge < -0.3 is 9.15 Å². The van der Waals surface area contributed by atoms with Crippen molar-refractivity contribution in [1.82, 2.24) is 10.2 Å². The average molecular weight is 239 g/mol. The third-order valence-corrected chi connectivity index (χ3v) is 2.30. The van der Waals surface area contributed by atoms with Gasteiger partial charge in [0.15, 0.2) is 0 Å². The third-order valence-electron chi connectivity index (χ3n) is 2.00. The first-order valence-corrected chi connectivity index (χ1v) is 5.31. The second-order valence-corrected chi connectivity index (χ2v) is 3.61. The Kier molecular flexibility index (Phi) is 3.10. The highest BCUT2D eigenvalue weighted by molar-refractivity contribution is 6.32. The van der Waals surface area contributed by atoms with Crippen LogP contribution in [0.5, 0.6) is 5.75 Å². The van der Waals surface area contributed by atoms with E-state index in [-0.39, 0.29) is 0 Å². The Morgan fingerprint density at radius 3 is 2.75 bits per heavy atom. The maximum Gasteiger partial charge on any atom is 0.247 e. The van der Waals surface area contributed by atoms with E-state index in [4.69, 9.17) is 20.8 Å². The van der Waals surface area contributed by atoms with Gasteiger partial charge in [-0.25, -0.2) is 0 Å². The van der Waals surface area contributed by atoms with Crippen molar-refractivity contribution in [3.63, 3.8) is 0 Å². The number of aryl methyl sites for hydroxylation is 1. The molecule has 84 valence electrons. The molecule has 0 N–H and O–H groups in total.